The van der Waals surface area contributed by atoms with E-state index >= 15 is 0 Å². The number of nitrogens with two attached hydrogens (primary N) is 1. The molecule has 2 aliphatic rings. The van der Waals surface area contributed by atoms with Gasteiger partial charge in [-0.1, -0.05) is 35.3 Å². The highest BCUT2D eigenvalue weighted by atomic mass is 35.5. The second-order valence-electron chi connectivity index (χ2n) is 8.24. The van der Waals surface area contributed by atoms with Crippen molar-refractivity contribution < 1.29 is 19.3 Å². The van der Waals surface area contributed by atoms with E-state index in [1.54, 1.807) is 30.6 Å². The Balaban J connectivity index is 1.36. The number of hydrogen-bond acceptors (Lipinski definition) is 7. The lowest BCUT2D eigenvalue weighted by molar-refractivity contribution is 0.0181. The maximum atomic E-state index is 9.96. The van der Waals surface area contributed by atoms with Gasteiger partial charge < -0.3 is 25.1 Å². The van der Waals surface area contributed by atoms with Crippen molar-refractivity contribution in [3.05, 3.63) is 70.1 Å². The second-order valence-corrected chi connectivity index (χ2v) is 9.06. The van der Waals surface area contributed by atoms with Crippen molar-refractivity contribution in [1.29, 1.82) is 0 Å². The van der Waals surface area contributed by atoms with Gasteiger partial charge in [0.05, 0.1) is 25.2 Å². The minimum absolute atomic E-state index is 0.00847. The zero-order valence-corrected chi connectivity index (χ0v) is 19.3. The second kappa shape index (κ2) is 9.08. The Bertz CT molecular complexity index is 1140. The molecule has 0 amide bonds. The lowest BCUT2D eigenvalue weighted by Gasteiger charge is -2.19. The number of nitrogens with zero attached hydrogens (tertiary/aromatic N) is 2. The van der Waals surface area contributed by atoms with E-state index in [9.17, 15) is 5.11 Å². The van der Waals surface area contributed by atoms with Crippen LogP contribution in [0.15, 0.2) is 48.8 Å². The van der Waals surface area contributed by atoms with E-state index in [-0.39, 0.29) is 23.9 Å². The van der Waals surface area contributed by atoms with Gasteiger partial charge in [0.1, 0.15) is 18.3 Å². The van der Waals surface area contributed by atoms with Gasteiger partial charge in [0, 0.05) is 44.8 Å². The van der Waals surface area contributed by atoms with Gasteiger partial charge in [-0.05, 0) is 31.2 Å². The average molecular weight is 488 g/mol. The van der Waals surface area contributed by atoms with Crippen LogP contribution in [0.25, 0.3) is 11.1 Å². The fourth-order valence-electron chi connectivity index (χ4n) is 4.38. The van der Waals surface area contributed by atoms with E-state index in [2.05, 4.69) is 9.97 Å². The standard InChI is InChI=1S/C24H23Cl2N3O4/c1-12(21-16(25)3-2-4-17(21)26)33-20-7-14(9-29-24(20)27)13-5-6-18(28-8-13)15-10-31-23-19(30)11-32-22(15)23/h2-9,12,15,19,22-23,30H,10-11H2,1H3,(H2,27,29)/t12?,15?,19-,22-,23-/m1/s1. The number of aromatic nitrogens is 2. The molecular formula is C24H23Cl2N3O4. The topological polar surface area (TPSA) is 99.7 Å². The lowest BCUT2D eigenvalue weighted by Crippen LogP contribution is -2.28. The number of ether oxygens (including phenoxy) is 3. The molecule has 33 heavy (non-hydrogen) atoms. The summed E-state index contributed by atoms with van der Waals surface area (Å²) in [5.74, 6) is 0.690. The molecule has 172 valence electrons. The molecule has 7 nitrogen and oxygen atoms in total. The molecular weight excluding hydrogens is 465 g/mol. The van der Waals surface area contributed by atoms with Crippen LogP contribution in [-0.2, 0) is 9.47 Å². The molecule has 3 N–H and O–H groups in total. The number of rotatable bonds is 5. The summed E-state index contributed by atoms with van der Waals surface area (Å²) in [6.07, 6.45) is 1.99. The number of fused-ring (bicyclic) bond motifs is 1. The van der Waals surface area contributed by atoms with Crippen LogP contribution in [0.2, 0.25) is 10.0 Å². The van der Waals surface area contributed by atoms with Gasteiger partial charge in [0.15, 0.2) is 11.6 Å². The van der Waals surface area contributed by atoms with Crippen LogP contribution in [-0.4, -0.2) is 46.6 Å². The number of aliphatic hydroxyl groups excluding tert-OH is 1. The third kappa shape index (κ3) is 4.27. The van der Waals surface area contributed by atoms with Gasteiger partial charge in [-0.25, -0.2) is 4.98 Å². The summed E-state index contributed by atoms with van der Waals surface area (Å²) in [5.41, 5.74) is 9.30. The van der Waals surface area contributed by atoms with Crippen LogP contribution >= 0.6 is 23.2 Å². The highest BCUT2D eigenvalue weighted by Gasteiger charge is 2.48. The molecule has 1 aromatic carbocycles. The van der Waals surface area contributed by atoms with E-state index in [0.29, 0.717) is 34.6 Å². The van der Waals surface area contributed by atoms with Gasteiger partial charge >= 0.3 is 0 Å². The first-order valence-electron chi connectivity index (χ1n) is 10.7. The van der Waals surface area contributed by atoms with E-state index < -0.39 is 12.2 Å². The molecule has 2 saturated heterocycles. The van der Waals surface area contributed by atoms with Crippen molar-refractivity contribution in [3.63, 3.8) is 0 Å². The van der Waals surface area contributed by atoms with Crippen molar-refractivity contribution in [3.8, 4) is 16.9 Å². The molecule has 0 radical (unpaired) electrons. The Labute approximate surface area is 201 Å². The minimum Gasteiger partial charge on any atom is -0.482 e. The number of benzene rings is 1. The molecule has 5 rings (SSSR count). The normalized spacial score (nSPS) is 25.1. The van der Waals surface area contributed by atoms with Gasteiger partial charge in [0.25, 0.3) is 0 Å². The van der Waals surface area contributed by atoms with Crippen molar-refractivity contribution in [2.45, 2.75) is 37.3 Å². The Hall–Kier alpha value is -2.42. The maximum absolute atomic E-state index is 9.96. The zero-order chi connectivity index (χ0) is 23.1. The molecule has 2 unspecified atom stereocenters. The monoisotopic (exact) mass is 487 g/mol. The molecule has 2 aromatic heterocycles. The number of pyridine rings is 2. The van der Waals surface area contributed by atoms with Crippen molar-refractivity contribution in [1.82, 2.24) is 9.97 Å². The van der Waals surface area contributed by atoms with Crippen molar-refractivity contribution in [2.24, 2.45) is 0 Å². The third-order valence-electron chi connectivity index (χ3n) is 6.12. The molecule has 2 fully saturated rings. The summed E-state index contributed by atoms with van der Waals surface area (Å²) in [6.45, 7) is 2.62. The largest absolute Gasteiger partial charge is 0.482 e. The SMILES string of the molecule is CC(Oc1cc(-c2ccc(C3CO[C@@H]4[C@H](O)CO[C@H]34)nc2)cnc1N)c1c(Cl)cccc1Cl. The van der Waals surface area contributed by atoms with Gasteiger partial charge in [-0.3, -0.25) is 4.98 Å². The summed E-state index contributed by atoms with van der Waals surface area (Å²) in [4.78, 5) is 8.92. The molecule has 0 bridgehead atoms. The summed E-state index contributed by atoms with van der Waals surface area (Å²) in [6, 6.07) is 11.1. The van der Waals surface area contributed by atoms with Gasteiger partial charge in [0.2, 0.25) is 0 Å². The summed E-state index contributed by atoms with van der Waals surface area (Å²) >= 11 is 12.6. The van der Waals surface area contributed by atoms with Crippen LogP contribution < -0.4 is 10.5 Å². The predicted octanol–water partition coefficient (Wildman–Crippen LogP) is 4.41. The Morgan fingerprint density at radius 3 is 2.48 bits per heavy atom. The molecule has 0 aliphatic carbocycles. The summed E-state index contributed by atoms with van der Waals surface area (Å²) < 4.78 is 17.5. The first kappa shape index (κ1) is 22.4. The van der Waals surface area contributed by atoms with E-state index in [1.807, 2.05) is 25.1 Å². The highest BCUT2D eigenvalue weighted by Crippen LogP contribution is 2.38. The summed E-state index contributed by atoms with van der Waals surface area (Å²) in [7, 11) is 0. The van der Waals surface area contributed by atoms with Crippen molar-refractivity contribution >= 4 is 29.0 Å². The number of nitrogen functional groups attached to an aromatic ring is 1. The van der Waals surface area contributed by atoms with Gasteiger partial charge in [-0.15, -0.1) is 0 Å². The Morgan fingerprint density at radius 2 is 1.76 bits per heavy atom. The third-order valence-corrected chi connectivity index (χ3v) is 6.78. The predicted molar refractivity (Wildman–Crippen MR) is 126 cm³/mol. The number of halogens is 2. The minimum atomic E-state index is -0.582. The fourth-order valence-corrected chi connectivity index (χ4v) is 5.09. The maximum Gasteiger partial charge on any atom is 0.166 e. The van der Waals surface area contributed by atoms with Crippen LogP contribution in [0.5, 0.6) is 5.75 Å². The summed E-state index contributed by atoms with van der Waals surface area (Å²) in [5, 5.41) is 11.0. The van der Waals surface area contributed by atoms with Gasteiger partial charge in [-0.2, -0.15) is 0 Å². The van der Waals surface area contributed by atoms with E-state index in [4.69, 9.17) is 43.1 Å². The van der Waals surface area contributed by atoms with E-state index in [1.165, 1.54) is 0 Å². The molecule has 2 aliphatic heterocycles. The Morgan fingerprint density at radius 1 is 1.03 bits per heavy atom. The zero-order valence-electron chi connectivity index (χ0n) is 17.8. The quantitative estimate of drug-likeness (QED) is 0.549. The lowest BCUT2D eigenvalue weighted by atomic mass is 9.96. The highest BCUT2D eigenvalue weighted by molar-refractivity contribution is 6.36. The van der Waals surface area contributed by atoms with Crippen molar-refractivity contribution in [2.75, 3.05) is 18.9 Å². The molecule has 4 heterocycles. The van der Waals surface area contributed by atoms with E-state index in [0.717, 1.165) is 16.8 Å². The first-order valence-corrected chi connectivity index (χ1v) is 11.4. The number of aliphatic hydroxyl groups is 1. The van der Waals surface area contributed by atoms with Crippen LogP contribution in [0.1, 0.15) is 30.2 Å². The first-order chi connectivity index (χ1) is 15.9. The smallest absolute Gasteiger partial charge is 0.166 e. The fraction of sp³-hybridized carbons (Fsp3) is 0.333. The molecule has 9 heteroatoms. The molecule has 0 saturated carbocycles. The number of hydrogen-bond donors (Lipinski definition) is 2. The molecule has 5 atom stereocenters. The van der Waals surface area contributed by atoms with Crippen LogP contribution in [0.4, 0.5) is 5.82 Å². The Kier molecular flexibility index (Phi) is 6.16. The van der Waals surface area contributed by atoms with Crippen LogP contribution in [0.3, 0.4) is 0 Å². The average Bonchev–Trinajstić information content (AvgIpc) is 3.38. The molecule has 3 aromatic rings. The van der Waals surface area contributed by atoms with Crippen LogP contribution in [0, 0.1) is 0 Å². The number of anilines is 1. The molecule has 0 spiro atoms.